The van der Waals surface area contributed by atoms with Crippen molar-refractivity contribution < 1.29 is 9.59 Å². The Bertz CT molecular complexity index is 1300. The van der Waals surface area contributed by atoms with E-state index in [0.717, 1.165) is 60.5 Å². The third-order valence-corrected chi connectivity index (χ3v) is 8.76. The molecule has 3 aliphatic rings. The quantitative estimate of drug-likeness (QED) is 0.490. The molecule has 1 saturated heterocycles. The number of anilines is 1. The number of hydrogen-bond acceptors (Lipinski definition) is 4. The lowest BCUT2D eigenvalue weighted by Gasteiger charge is -2.44. The maximum atomic E-state index is 13.9. The number of benzene rings is 2. The molecule has 6 rings (SSSR count). The fourth-order valence-electron chi connectivity index (χ4n) is 6.53. The Labute approximate surface area is 225 Å². The third-order valence-electron chi connectivity index (χ3n) is 8.76. The van der Waals surface area contributed by atoms with Crippen molar-refractivity contribution in [3.05, 3.63) is 60.3 Å². The van der Waals surface area contributed by atoms with Crippen LogP contribution in [0.1, 0.15) is 57.4 Å². The van der Waals surface area contributed by atoms with Crippen molar-refractivity contribution in [3.8, 4) is 0 Å². The number of fused-ring (bicyclic) bond motifs is 4. The van der Waals surface area contributed by atoms with Gasteiger partial charge in [0.25, 0.3) is 0 Å². The molecule has 3 aromatic rings. The number of aromatic nitrogens is 2. The highest BCUT2D eigenvalue weighted by Crippen LogP contribution is 2.36. The number of amides is 2. The molecule has 0 N–H and O–H groups in total. The van der Waals surface area contributed by atoms with Gasteiger partial charge in [-0.05, 0) is 55.7 Å². The van der Waals surface area contributed by atoms with Gasteiger partial charge in [-0.15, -0.1) is 0 Å². The third kappa shape index (κ3) is 5.35. The fourth-order valence-corrected chi connectivity index (χ4v) is 6.53. The number of hydrogen-bond donors (Lipinski definition) is 0. The largest absolute Gasteiger partial charge is 0.337 e. The number of piperidine rings is 1. The van der Waals surface area contributed by atoms with Gasteiger partial charge >= 0.3 is 0 Å². The summed E-state index contributed by atoms with van der Waals surface area (Å²) in [5, 5.41) is 5.64. The zero-order valence-electron chi connectivity index (χ0n) is 22.5. The first kappa shape index (κ1) is 25.1. The van der Waals surface area contributed by atoms with Gasteiger partial charge in [-0.1, -0.05) is 42.8 Å². The second kappa shape index (κ2) is 10.9. The summed E-state index contributed by atoms with van der Waals surface area (Å²) in [4.78, 5) is 33.5. The molecule has 2 atom stereocenters. The lowest BCUT2D eigenvalue weighted by Crippen LogP contribution is -2.53. The number of rotatable bonds is 5. The Hall–Kier alpha value is -3.19. The van der Waals surface area contributed by atoms with Crippen LogP contribution in [0.5, 0.6) is 0 Å². The molecule has 0 spiro atoms. The van der Waals surface area contributed by atoms with Gasteiger partial charge in [0.2, 0.25) is 11.8 Å². The molecule has 1 saturated carbocycles. The molecule has 38 heavy (non-hydrogen) atoms. The highest BCUT2D eigenvalue weighted by atomic mass is 16.2. The van der Waals surface area contributed by atoms with Crippen LogP contribution < -0.4 is 4.90 Å². The van der Waals surface area contributed by atoms with Crippen molar-refractivity contribution in [1.29, 1.82) is 0 Å². The topological polar surface area (TPSA) is 61.7 Å². The molecule has 7 nitrogen and oxygen atoms in total. The molecule has 2 amide bonds. The molecular weight excluding hydrogens is 474 g/mol. The van der Waals surface area contributed by atoms with Crippen molar-refractivity contribution >= 4 is 28.4 Å². The predicted molar refractivity (Wildman–Crippen MR) is 150 cm³/mol. The highest BCUT2D eigenvalue weighted by molar-refractivity contribution is 5.92. The minimum atomic E-state index is 0.0706. The molecule has 2 aliphatic heterocycles. The smallest absolute Gasteiger partial charge is 0.224 e. The van der Waals surface area contributed by atoms with Gasteiger partial charge in [-0.2, -0.15) is 5.10 Å². The maximum Gasteiger partial charge on any atom is 0.224 e. The monoisotopic (exact) mass is 513 g/mol. The molecule has 2 fully saturated rings. The Morgan fingerprint density at radius 1 is 0.947 bits per heavy atom. The lowest BCUT2D eigenvalue weighted by atomic mass is 9.92. The number of carbonyl (C=O) groups excluding carboxylic acids is 2. The maximum absolute atomic E-state index is 13.9. The van der Waals surface area contributed by atoms with Gasteiger partial charge in [-0.3, -0.25) is 19.2 Å². The van der Waals surface area contributed by atoms with E-state index in [0.29, 0.717) is 31.6 Å². The Balaban J connectivity index is 1.30. The van der Waals surface area contributed by atoms with Gasteiger partial charge in [0, 0.05) is 62.7 Å². The van der Waals surface area contributed by atoms with Gasteiger partial charge < -0.3 is 9.80 Å². The van der Waals surface area contributed by atoms with Crippen LogP contribution in [0.25, 0.3) is 10.9 Å². The van der Waals surface area contributed by atoms with E-state index in [1.54, 1.807) is 6.92 Å². The molecule has 1 aliphatic carbocycles. The Morgan fingerprint density at radius 3 is 2.58 bits per heavy atom. The van der Waals surface area contributed by atoms with E-state index in [1.807, 2.05) is 46.1 Å². The zero-order valence-corrected chi connectivity index (χ0v) is 22.5. The SMILES string of the molecule is CC(=O)N1CCC2CCCC(CN(C(=O)CCn3ncc4ccccc43)Cc3ccccc31)N2CC1CC1. The summed E-state index contributed by atoms with van der Waals surface area (Å²) < 4.78 is 1.95. The van der Waals surface area contributed by atoms with Crippen LogP contribution in [0.4, 0.5) is 5.69 Å². The van der Waals surface area contributed by atoms with E-state index in [1.165, 1.54) is 25.7 Å². The first-order chi connectivity index (χ1) is 18.6. The second-order valence-corrected chi connectivity index (χ2v) is 11.4. The van der Waals surface area contributed by atoms with Crippen molar-refractivity contribution in [2.75, 3.05) is 24.5 Å². The first-order valence-corrected chi connectivity index (χ1v) is 14.4. The summed E-state index contributed by atoms with van der Waals surface area (Å²) in [6, 6.07) is 17.1. The molecule has 1 aromatic heterocycles. The summed E-state index contributed by atoms with van der Waals surface area (Å²) in [5.41, 5.74) is 3.05. The summed E-state index contributed by atoms with van der Waals surface area (Å²) >= 11 is 0. The van der Waals surface area contributed by atoms with Crippen LogP contribution in [0.15, 0.2) is 54.7 Å². The zero-order chi connectivity index (χ0) is 26.1. The number of aryl methyl sites for hydroxylation is 1. The number of para-hydroxylation sites is 2. The summed E-state index contributed by atoms with van der Waals surface area (Å²) in [7, 11) is 0. The standard InChI is InChI=1S/C31H39N5O2/c1-23(37)34-17-15-27-9-6-10-28(35(27)20-24-13-14-24)22-33(21-26-8-3-4-11-29(26)34)31(38)16-18-36-30-12-5-2-7-25(30)19-32-36/h2-5,7-8,11-12,19,24,27-28H,6,9-10,13-18,20-22H2,1H3. The van der Waals surface area contributed by atoms with E-state index < -0.39 is 0 Å². The van der Waals surface area contributed by atoms with E-state index in [9.17, 15) is 9.59 Å². The van der Waals surface area contributed by atoms with E-state index in [4.69, 9.17) is 0 Å². The van der Waals surface area contributed by atoms with Crippen LogP contribution in [0.2, 0.25) is 0 Å². The summed E-state index contributed by atoms with van der Waals surface area (Å²) in [6.07, 6.45) is 9.40. The number of nitrogens with zero attached hydrogens (tertiary/aromatic N) is 5. The molecule has 200 valence electrons. The lowest BCUT2D eigenvalue weighted by molar-refractivity contribution is -0.133. The number of carbonyl (C=O) groups is 2. The minimum Gasteiger partial charge on any atom is -0.337 e. The van der Waals surface area contributed by atoms with Crippen molar-refractivity contribution in [2.45, 2.75) is 77.0 Å². The average Bonchev–Trinajstić information content (AvgIpc) is 3.65. The van der Waals surface area contributed by atoms with Crippen LogP contribution in [0, 0.1) is 5.92 Å². The molecule has 2 unspecified atom stereocenters. The molecular formula is C31H39N5O2. The van der Waals surface area contributed by atoms with Crippen molar-refractivity contribution in [2.24, 2.45) is 5.92 Å². The van der Waals surface area contributed by atoms with E-state index in [-0.39, 0.29) is 11.8 Å². The van der Waals surface area contributed by atoms with Crippen LogP contribution in [0.3, 0.4) is 0 Å². The molecule has 7 heteroatoms. The van der Waals surface area contributed by atoms with E-state index >= 15 is 0 Å². The summed E-state index contributed by atoms with van der Waals surface area (Å²) in [5.74, 6) is 1.02. The van der Waals surface area contributed by atoms with Gasteiger partial charge in [-0.25, -0.2) is 0 Å². The fraction of sp³-hybridized carbons (Fsp3) is 0.516. The normalized spacial score (nSPS) is 22.7. The Kier molecular flexibility index (Phi) is 7.20. The molecule has 3 heterocycles. The molecule has 2 bridgehead atoms. The molecule has 0 radical (unpaired) electrons. The second-order valence-electron chi connectivity index (χ2n) is 11.4. The van der Waals surface area contributed by atoms with Crippen LogP contribution in [-0.2, 0) is 22.7 Å². The van der Waals surface area contributed by atoms with E-state index in [2.05, 4.69) is 33.1 Å². The average molecular weight is 514 g/mol. The predicted octanol–water partition coefficient (Wildman–Crippen LogP) is 4.84. The van der Waals surface area contributed by atoms with Gasteiger partial charge in [0.05, 0.1) is 18.3 Å². The van der Waals surface area contributed by atoms with Crippen molar-refractivity contribution in [3.63, 3.8) is 0 Å². The van der Waals surface area contributed by atoms with Crippen molar-refractivity contribution in [1.82, 2.24) is 19.6 Å². The van der Waals surface area contributed by atoms with Crippen LogP contribution in [-0.4, -0.2) is 63.1 Å². The summed E-state index contributed by atoms with van der Waals surface area (Å²) in [6.45, 7) is 5.35. The Morgan fingerprint density at radius 2 is 1.74 bits per heavy atom. The van der Waals surface area contributed by atoms with Gasteiger partial charge in [0.15, 0.2) is 0 Å². The highest BCUT2D eigenvalue weighted by Gasteiger charge is 2.37. The first-order valence-electron chi connectivity index (χ1n) is 14.4. The molecule has 2 aromatic carbocycles. The minimum absolute atomic E-state index is 0.0706. The van der Waals surface area contributed by atoms with Crippen LogP contribution >= 0.6 is 0 Å². The van der Waals surface area contributed by atoms with Gasteiger partial charge in [0.1, 0.15) is 0 Å².